The van der Waals surface area contributed by atoms with Crippen molar-refractivity contribution < 1.29 is 32.6 Å². The number of aliphatic carboxylic acids is 1. The van der Waals surface area contributed by atoms with Gasteiger partial charge in [-0.1, -0.05) is 17.7 Å². The van der Waals surface area contributed by atoms with Crippen LogP contribution in [-0.4, -0.2) is 40.9 Å². The zero-order valence-corrected chi connectivity index (χ0v) is 21.1. The number of esters is 1. The maximum atomic E-state index is 15.2. The van der Waals surface area contributed by atoms with Crippen LogP contribution in [0.3, 0.4) is 0 Å². The molecule has 2 N–H and O–H groups in total. The molecular weight excluding hydrogens is 531 g/mol. The number of aromatic nitrogens is 1. The first-order chi connectivity index (χ1) is 17.5. The van der Waals surface area contributed by atoms with Gasteiger partial charge in [0.15, 0.2) is 10.8 Å². The highest BCUT2D eigenvalue weighted by Gasteiger charge is 2.94. The number of hydrogen-bond acceptors (Lipinski definition) is 7. The quantitative estimate of drug-likeness (QED) is 0.483. The van der Waals surface area contributed by atoms with Crippen LogP contribution in [0.15, 0.2) is 46.0 Å². The second kappa shape index (κ2) is 7.80. The van der Waals surface area contributed by atoms with E-state index in [0.717, 1.165) is 6.07 Å². The number of halogens is 4. The molecule has 2 bridgehead atoms. The summed E-state index contributed by atoms with van der Waals surface area (Å²) in [5.74, 6) is -5.46. The highest BCUT2D eigenvalue weighted by molar-refractivity contribution is 7.11. The summed E-state index contributed by atoms with van der Waals surface area (Å²) in [7, 11) is 1.18. The molecule has 4 aliphatic rings. The van der Waals surface area contributed by atoms with Crippen LogP contribution in [0.2, 0.25) is 5.02 Å². The zero-order valence-electron chi connectivity index (χ0n) is 19.5. The van der Waals surface area contributed by atoms with Crippen molar-refractivity contribution >= 4 is 40.7 Å². The number of carboxylic acids is 1. The van der Waals surface area contributed by atoms with Crippen molar-refractivity contribution in [1.82, 2.24) is 10.3 Å². The fourth-order valence-corrected chi connectivity index (χ4v) is 7.99. The molecule has 3 saturated carbocycles. The normalized spacial score (nSPS) is 33.0. The molecule has 2 aromatic rings. The van der Waals surface area contributed by atoms with Gasteiger partial charge < -0.3 is 15.2 Å². The second-order valence-electron chi connectivity index (χ2n) is 10.2. The Bertz CT molecular complexity index is 1410. The molecule has 3 aliphatic carbocycles. The van der Waals surface area contributed by atoms with E-state index in [4.69, 9.17) is 16.3 Å². The third-order valence-electron chi connectivity index (χ3n) is 8.82. The molecule has 1 aromatic heterocycles. The number of hydrogen-bond donors (Lipinski definition) is 2. The van der Waals surface area contributed by atoms with E-state index >= 15 is 8.78 Å². The fourth-order valence-electron chi connectivity index (χ4n) is 7.13. The van der Waals surface area contributed by atoms with Crippen LogP contribution in [0.25, 0.3) is 0 Å². The van der Waals surface area contributed by atoms with Crippen molar-refractivity contribution in [3.8, 4) is 0 Å². The van der Waals surface area contributed by atoms with E-state index in [0.29, 0.717) is 10.6 Å². The summed E-state index contributed by atoms with van der Waals surface area (Å²) in [6.07, 6.45) is 1.03. The summed E-state index contributed by atoms with van der Waals surface area (Å²) < 4.78 is 49.4. The summed E-state index contributed by atoms with van der Waals surface area (Å²) in [5, 5.41) is 15.5. The number of nitrogens with zero attached hydrogens (tertiary/aromatic N) is 2. The molecule has 37 heavy (non-hydrogen) atoms. The van der Waals surface area contributed by atoms with Crippen LogP contribution in [0.4, 0.5) is 13.2 Å². The van der Waals surface area contributed by atoms with Gasteiger partial charge in [0.1, 0.15) is 11.9 Å². The highest BCUT2D eigenvalue weighted by Crippen LogP contribution is 2.93. The van der Waals surface area contributed by atoms with Gasteiger partial charge in [-0.15, -0.1) is 11.3 Å². The third kappa shape index (κ3) is 3.07. The number of aliphatic imine (C=N–C) groups is 1. The molecule has 0 radical (unpaired) electrons. The lowest BCUT2D eigenvalue weighted by Gasteiger charge is -2.36. The lowest BCUT2D eigenvalue weighted by Crippen LogP contribution is -2.42. The lowest BCUT2D eigenvalue weighted by atomic mass is 9.69. The minimum absolute atomic E-state index is 0.0166. The predicted molar refractivity (Wildman–Crippen MR) is 128 cm³/mol. The number of alkyl halides is 2. The number of benzene rings is 1. The molecule has 1 aliphatic heterocycles. The van der Waals surface area contributed by atoms with Crippen LogP contribution in [0.5, 0.6) is 0 Å². The number of allylic oxidation sites excluding steroid dienone is 1. The van der Waals surface area contributed by atoms with Crippen molar-refractivity contribution in [2.24, 2.45) is 21.2 Å². The van der Waals surface area contributed by atoms with Crippen molar-refractivity contribution in [2.45, 2.75) is 44.1 Å². The van der Waals surface area contributed by atoms with Gasteiger partial charge >= 0.3 is 11.9 Å². The number of methoxy groups -OCH3 is 1. The van der Waals surface area contributed by atoms with Gasteiger partial charge in [0, 0.05) is 45.1 Å². The predicted octanol–water partition coefficient (Wildman–Crippen LogP) is 5.12. The first-order valence-electron chi connectivity index (χ1n) is 11.6. The number of carboxylic acid groups (broad SMARTS) is 1. The Labute approximate surface area is 218 Å². The van der Waals surface area contributed by atoms with E-state index < -0.39 is 52.4 Å². The molecule has 1 unspecified atom stereocenters. The van der Waals surface area contributed by atoms with Crippen molar-refractivity contribution in [3.05, 3.63) is 62.5 Å². The average Bonchev–Trinajstić information content (AvgIpc) is 3.12. The number of carbonyl (C=O) groups excluding carboxylic acids is 1. The van der Waals surface area contributed by atoms with E-state index in [9.17, 15) is 19.1 Å². The molecular formula is C25H21ClF3N3O4S. The standard InChI is InChI=1S/C25H21ClF3N3O4S/c1-36-20(33)16-15(9-24-11-23(24)5-4-22(24,21(34)35)10-25(23,28)29)31-18(19-30-6-7-37-19)32-17(16)13-3-2-12(27)8-14(13)26/h2-3,6-8,17H,4-5,9-11H2,1H3,(H,31,32)(H,34,35)/t17-,22+,23+,24?/m0/s1. The largest absolute Gasteiger partial charge is 0.481 e. The number of nitrogens with one attached hydrogen (secondary N) is 1. The van der Waals surface area contributed by atoms with Crippen molar-refractivity contribution in [2.75, 3.05) is 7.11 Å². The van der Waals surface area contributed by atoms with Gasteiger partial charge in [-0.05, 0) is 37.8 Å². The van der Waals surface area contributed by atoms with Gasteiger partial charge in [-0.2, -0.15) is 0 Å². The Morgan fingerprint density at radius 2 is 2.08 bits per heavy atom. The van der Waals surface area contributed by atoms with Gasteiger partial charge in [-0.25, -0.2) is 22.9 Å². The summed E-state index contributed by atoms with van der Waals surface area (Å²) >= 11 is 7.63. The molecule has 6 rings (SSSR count). The monoisotopic (exact) mass is 551 g/mol. The molecule has 0 saturated heterocycles. The van der Waals surface area contributed by atoms with E-state index in [1.54, 1.807) is 11.6 Å². The number of carbonyl (C=O) groups is 2. The SMILES string of the molecule is COC(=O)C1=C(CC23C[C@]24CC[C@]3(C(=O)O)CC4(F)F)NC(c2nccs2)=N[C@H]1c1ccc(F)cc1Cl. The van der Waals surface area contributed by atoms with Crippen molar-refractivity contribution in [1.29, 1.82) is 0 Å². The van der Waals surface area contributed by atoms with Crippen LogP contribution < -0.4 is 5.32 Å². The number of rotatable bonds is 6. The highest BCUT2D eigenvalue weighted by atomic mass is 35.5. The Morgan fingerprint density at radius 1 is 1.30 bits per heavy atom. The smallest absolute Gasteiger partial charge is 0.338 e. The molecule has 7 nitrogen and oxygen atoms in total. The molecule has 1 aromatic carbocycles. The number of thiazole rings is 1. The van der Waals surface area contributed by atoms with Crippen LogP contribution in [-0.2, 0) is 14.3 Å². The first-order valence-corrected chi connectivity index (χ1v) is 12.9. The topological polar surface area (TPSA) is 101 Å². The second-order valence-corrected chi connectivity index (χ2v) is 11.5. The molecule has 0 spiro atoms. The summed E-state index contributed by atoms with van der Waals surface area (Å²) in [6.45, 7) is 0. The van der Waals surface area contributed by atoms with E-state index in [2.05, 4.69) is 15.3 Å². The molecule has 2 heterocycles. The van der Waals surface area contributed by atoms with Gasteiger partial charge in [0.2, 0.25) is 0 Å². The Morgan fingerprint density at radius 3 is 2.68 bits per heavy atom. The first kappa shape index (κ1) is 24.4. The van der Waals surface area contributed by atoms with E-state index in [1.165, 1.54) is 30.6 Å². The maximum absolute atomic E-state index is 15.2. The minimum Gasteiger partial charge on any atom is -0.481 e. The number of amidine groups is 1. The Balaban J connectivity index is 1.53. The van der Waals surface area contributed by atoms with E-state index in [1.807, 2.05) is 0 Å². The Kier molecular flexibility index (Phi) is 5.15. The summed E-state index contributed by atoms with van der Waals surface area (Å²) in [4.78, 5) is 34.6. The zero-order chi connectivity index (χ0) is 26.4. The fraction of sp³-hybridized carbons (Fsp3) is 0.440. The maximum Gasteiger partial charge on any atom is 0.338 e. The van der Waals surface area contributed by atoms with Gasteiger partial charge in [-0.3, -0.25) is 9.79 Å². The summed E-state index contributed by atoms with van der Waals surface area (Å²) in [5.41, 5.74) is -3.71. The lowest BCUT2D eigenvalue weighted by molar-refractivity contribution is -0.160. The van der Waals surface area contributed by atoms with Crippen LogP contribution in [0.1, 0.15) is 48.7 Å². The van der Waals surface area contributed by atoms with Crippen LogP contribution in [0, 0.1) is 22.1 Å². The van der Waals surface area contributed by atoms with Crippen molar-refractivity contribution in [3.63, 3.8) is 0 Å². The van der Waals surface area contributed by atoms with Crippen LogP contribution >= 0.6 is 22.9 Å². The average molecular weight is 552 g/mol. The van der Waals surface area contributed by atoms with Gasteiger partial charge in [0.25, 0.3) is 5.92 Å². The van der Waals surface area contributed by atoms with E-state index in [-0.39, 0.29) is 47.8 Å². The molecule has 12 heteroatoms. The molecule has 0 amide bonds. The molecule has 4 atom stereocenters. The van der Waals surface area contributed by atoms with Gasteiger partial charge in [0.05, 0.1) is 18.1 Å². The Hall–Kier alpha value is -2.92. The molecule has 3 fully saturated rings. The summed E-state index contributed by atoms with van der Waals surface area (Å²) in [6, 6.07) is 2.63. The third-order valence-corrected chi connectivity index (χ3v) is 9.93. The molecule has 194 valence electrons. The minimum atomic E-state index is -3.13. The number of ether oxygens (including phenoxy) is 1.